The number of primary amides is 2. The summed E-state index contributed by atoms with van der Waals surface area (Å²) in [5.41, 5.74) is 9.01. The van der Waals surface area contributed by atoms with Crippen LogP contribution in [0.5, 0.6) is 0 Å². The fraction of sp³-hybridized carbons (Fsp3) is 0.600. The molecule has 6 heteroatoms. The van der Waals surface area contributed by atoms with E-state index in [9.17, 15) is 9.59 Å². The van der Waals surface area contributed by atoms with Gasteiger partial charge in [-0.1, -0.05) is 13.8 Å². The molecule has 4 N–H and O–H groups in total. The van der Waals surface area contributed by atoms with Crippen molar-refractivity contribution >= 4 is 11.8 Å². The van der Waals surface area contributed by atoms with Crippen LogP contribution in [0.15, 0.2) is 0 Å². The highest BCUT2D eigenvalue weighted by Gasteiger charge is 2.46. The van der Waals surface area contributed by atoms with Crippen LogP contribution in [0.2, 0.25) is 0 Å². The number of hydrogen-bond acceptors (Lipinski definition) is 4. The second-order valence-electron chi connectivity index (χ2n) is 3.79. The van der Waals surface area contributed by atoms with E-state index in [1.165, 1.54) is 6.92 Å². The lowest BCUT2D eigenvalue weighted by molar-refractivity contribution is -0.129. The lowest BCUT2D eigenvalue weighted by atomic mass is 9.66. The first kappa shape index (κ1) is 13.9. The van der Waals surface area contributed by atoms with Crippen molar-refractivity contribution in [2.45, 2.75) is 20.3 Å². The minimum absolute atomic E-state index is 0.273. The maximum atomic E-state index is 11.1. The number of nitrogens with two attached hydrogens (primary N) is 2. The molecule has 0 fully saturated rings. The second-order valence-corrected chi connectivity index (χ2v) is 3.79. The highest BCUT2D eigenvalue weighted by atomic mass is 16.1. The predicted molar refractivity (Wildman–Crippen MR) is 55.0 cm³/mol. The summed E-state index contributed by atoms with van der Waals surface area (Å²) in [5, 5.41) is 17.8. The molecule has 0 aromatic heterocycles. The Hall–Kier alpha value is -2.08. The van der Waals surface area contributed by atoms with Crippen molar-refractivity contribution in [1.82, 2.24) is 0 Å². The van der Waals surface area contributed by atoms with Gasteiger partial charge in [-0.3, -0.25) is 9.59 Å². The topological polar surface area (TPSA) is 134 Å². The van der Waals surface area contributed by atoms with Crippen molar-refractivity contribution in [3.8, 4) is 12.1 Å². The van der Waals surface area contributed by atoms with E-state index < -0.39 is 29.1 Å². The molecule has 0 aliphatic rings. The quantitative estimate of drug-likeness (QED) is 0.657. The molecule has 2 atom stereocenters. The number of rotatable bonds is 5. The van der Waals surface area contributed by atoms with Crippen molar-refractivity contribution in [3.05, 3.63) is 0 Å². The van der Waals surface area contributed by atoms with Crippen LogP contribution in [0.3, 0.4) is 0 Å². The molecule has 0 unspecified atom stereocenters. The Morgan fingerprint density at radius 1 is 1.19 bits per heavy atom. The van der Waals surface area contributed by atoms with Gasteiger partial charge in [-0.25, -0.2) is 0 Å². The average molecular weight is 222 g/mol. The number of carbonyl (C=O) groups excluding carboxylic acids is 2. The molecule has 0 heterocycles. The summed E-state index contributed by atoms with van der Waals surface area (Å²) in [6, 6.07) is 3.46. The zero-order valence-electron chi connectivity index (χ0n) is 9.23. The lowest BCUT2D eigenvalue weighted by Crippen LogP contribution is -2.45. The van der Waals surface area contributed by atoms with E-state index in [0.29, 0.717) is 0 Å². The maximum Gasteiger partial charge on any atom is 0.235 e. The Labute approximate surface area is 93.8 Å². The molecular weight excluding hydrogens is 208 g/mol. The molecule has 16 heavy (non-hydrogen) atoms. The van der Waals surface area contributed by atoms with Gasteiger partial charge < -0.3 is 11.5 Å². The molecule has 86 valence electrons. The first-order chi connectivity index (χ1) is 7.34. The minimum Gasteiger partial charge on any atom is -0.369 e. The Kier molecular flexibility index (Phi) is 4.46. The Bertz CT molecular complexity index is 345. The summed E-state index contributed by atoms with van der Waals surface area (Å²) >= 11 is 0. The van der Waals surface area contributed by atoms with Crippen LogP contribution in [0, 0.1) is 39.9 Å². The third kappa shape index (κ3) is 2.29. The normalized spacial score (nSPS) is 14.2. The fourth-order valence-electron chi connectivity index (χ4n) is 1.65. The van der Waals surface area contributed by atoms with Gasteiger partial charge in [0.15, 0.2) is 0 Å². The lowest BCUT2D eigenvalue weighted by Gasteiger charge is -2.33. The molecule has 6 nitrogen and oxygen atoms in total. The van der Waals surface area contributed by atoms with Gasteiger partial charge in [0.2, 0.25) is 11.8 Å². The molecule has 0 saturated carbocycles. The van der Waals surface area contributed by atoms with Gasteiger partial charge in [0, 0.05) is 5.41 Å². The van der Waals surface area contributed by atoms with E-state index in [1.807, 2.05) is 0 Å². The van der Waals surface area contributed by atoms with Crippen LogP contribution in [-0.4, -0.2) is 11.8 Å². The van der Waals surface area contributed by atoms with E-state index in [0.717, 1.165) is 0 Å². The van der Waals surface area contributed by atoms with Crippen LogP contribution in [0.1, 0.15) is 20.3 Å². The zero-order valence-corrected chi connectivity index (χ0v) is 9.23. The zero-order chi connectivity index (χ0) is 12.9. The second kappa shape index (κ2) is 5.13. The van der Waals surface area contributed by atoms with E-state index in [1.54, 1.807) is 19.1 Å². The van der Waals surface area contributed by atoms with Crippen molar-refractivity contribution in [1.29, 1.82) is 10.5 Å². The number of carbonyl (C=O) groups is 2. The first-order valence-electron chi connectivity index (χ1n) is 4.73. The van der Waals surface area contributed by atoms with E-state index in [2.05, 4.69) is 0 Å². The fourth-order valence-corrected chi connectivity index (χ4v) is 1.65. The molecular formula is C10H14N4O2. The summed E-state index contributed by atoms with van der Waals surface area (Å²) in [7, 11) is 0. The van der Waals surface area contributed by atoms with Gasteiger partial charge in [-0.15, -0.1) is 0 Å². The average Bonchev–Trinajstić information content (AvgIpc) is 2.18. The summed E-state index contributed by atoms with van der Waals surface area (Å²) in [6.07, 6.45) is 0.273. The largest absolute Gasteiger partial charge is 0.369 e. The highest BCUT2D eigenvalue weighted by molar-refractivity contribution is 5.84. The SMILES string of the molecule is CCC(C)([C@H](C#N)C(N)=O)[C@H](C#N)C(N)=O. The smallest absolute Gasteiger partial charge is 0.235 e. The third-order valence-corrected chi connectivity index (χ3v) is 2.91. The molecule has 0 rings (SSSR count). The summed E-state index contributed by atoms with van der Waals surface area (Å²) < 4.78 is 0. The van der Waals surface area contributed by atoms with Gasteiger partial charge in [0.25, 0.3) is 0 Å². The van der Waals surface area contributed by atoms with E-state index in [-0.39, 0.29) is 6.42 Å². The molecule has 0 bridgehead atoms. The monoisotopic (exact) mass is 222 g/mol. The number of nitrogens with zero attached hydrogens (tertiary/aromatic N) is 2. The molecule has 0 aromatic carbocycles. The summed E-state index contributed by atoms with van der Waals surface area (Å²) in [5.74, 6) is -4.13. The summed E-state index contributed by atoms with van der Waals surface area (Å²) in [4.78, 5) is 22.2. The number of amides is 2. The highest BCUT2D eigenvalue weighted by Crippen LogP contribution is 2.38. The molecule has 0 radical (unpaired) electrons. The Balaban J connectivity index is 5.51. The van der Waals surface area contributed by atoms with Crippen LogP contribution >= 0.6 is 0 Å². The molecule has 0 saturated heterocycles. The van der Waals surface area contributed by atoms with Gasteiger partial charge >= 0.3 is 0 Å². The maximum absolute atomic E-state index is 11.1. The standard InChI is InChI=1S/C10H14N4O2/c1-3-10(2,6(4-11)8(13)15)7(5-12)9(14)16/h6-7H,3H2,1-2H3,(H2,13,15)(H2,14,16)/t6-,7-/m1/s1. The van der Waals surface area contributed by atoms with Crippen molar-refractivity contribution in [2.75, 3.05) is 0 Å². The van der Waals surface area contributed by atoms with Crippen LogP contribution in [0.4, 0.5) is 0 Å². The predicted octanol–water partition coefficient (Wildman–Crippen LogP) is -0.347. The Morgan fingerprint density at radius 3 is 1.62 bits per heavy atom. The van der Waals surface area contributed by atoms with Crippen LogP contribution in [0.25, 0.3) is 0 Å². The van der Waals surface area contributed by atoms with Gasteiger partial charge in [-0.2, -0.15) is 10.5 Å². The molecule has 0 spiro atoms. The van der Waals surface area contributed by atoms with Crippen molar-refractivity contribution in [3.63, 3.8) is 0 Å². The molecule has 0 aliphatic carbocycles. The number of nitriles is 2. The number of hydrogen-bond donors (Lipinski definition) is 2. The molecule has 0 aromatic rings. The van der Waals surface area contributed by atoms with Crippen LogP contribution < -0.4 is 11.5 Å². The van der Waals surface area contributed by atoms with Gasteiger partial charge in [-0.05, 0) is 6.42 Å². The molecule has 0 aliphatic heterocycles. The van der Waals surface area contributed by atoms with Crippen LogP contribution in [-0.2, 0) is 9.59 Å². The first-order valence-corrected chi connectivity index (χ1v) is 4.73. The third-order valence-electron chi connectivity index (χ3n) is 2.91. The Morgan fingerprint density at radius 2 is 1.50 bits per heavy atom. The van der Waals surface area contributed by atoms with E-state index in [4.69, 9.17) is 22.0 Å². The summed E-state index contributed by atoms with van der Waals surface area (Å²) in [6.45, 7) is 3.16. The van der Waals surface area contributed by atoms with E-state index >= 15 is 0 Å². The molecule has 2 amide bonds. The minimum atomic E-state index is -1.21. The van der Waals surface area contributed by atoms with Gasteiger partial charge in [0.05, 0.1) is 12.1 Å². The van der Waals surface area contributed by atoms with Crippen molar-refractivity contribution in [2.24, 2.45) is 28.7 Å². The van der Waals surface area contributed by atoms with Gasteiger partial charge in [0.1, 0.15) is 11.8 Å². The van der Waals surface area contributed by atoms with Crippen molar-refractivity contribution < 1.29 is 9.59 Å².